The summed E-state index contributed by atoms with van der Waals surface area (Å²) in [5, 5.41) is 4.54. The number of nitrogens with one attached hydrogen (secondary N) is 1. The Bertz CT molecular complexity index is 1700. The van der Waals surface area contributed by atoms with Crippen molar-refractivity contribution in [1.82, 2.24) is 38.9 Å². The Morgan fingerprint density at radius 1 is 1.10 bits per heavy atom. The molecule has 5 heterocycles. The van der Waals surface area contributed by atoms with E-state index in [9.17, 15) is 13.2 Å². The summed E-state index contributed by atoms with van der Waals surface area (Å²) in [7, 11) is -2.30. The lowest BCUT2D eigenvalue weighted by Gasteiger charge is -2.33. The molecule has 1 saturated heterocycles. The van der Waals surface area contributed by atoms with Gasteiger partial charge in [0.05, 0.1) is 36.3 Å². The third-order valence-corrected chi connectivity index (χ3v) is 9.15. The van der Waals surface area contributed by atoms with Gasteiger partial charge in [0.1, 0.15) is 22.3 Å². The highest BCUT2D eigenvalue weighted by molar-refractivity contribution is 7.89. The zero-order valence-electron chi connectivity index (χ0n) is 24.3. The summed E-state index contributed by atoms with van der Waals surface area (Å²) in [6.07, 6.45) is 3.16. The van der Waals surface area contributed by atoms with Crippen LogP contribution in [0.15, 0.2) is 46.3 Å². The number of nitrogens with zero attached hydrogens (tertiary/aromatic N) is 7. The summed E-state index contributed by atoms with van der Waals surface area (Å²) in [5.74, 6) is 0.273. The Kier molecular flexibility index (Phi) is 8.96. The maximum Gasteiger partial charge on any atom is 0.279 e. The summed E-state index contributed by atoms with van der Waals surface area (Å²) < 4.78 is 41.7. The highest BCUT2D eigenvalue weighted by Gasteiger charge is 2.30. The van der Waals surface area contributed by atoms with Crippen molar-refractivity contribution in [2.45, 2.75) is 44.7 Å². The zero-order valence-corrected chi connectivity index (χ0v) is 25.1. The minimum absolute atomic E-state index is 0.00139. The maximum atomic E-state index is 13.7. The van der Waals surface area contributed by atoms with Crippen LogP contribution in [0.3, 0.4) is 0 Å². The number of aryl methyl sites for hydroxylation is 1. The predicted octanol–water partition coefficient (Wildman–Crippen LogP) is 1.93. The van der Waals surface area contributed by atoms with E-state index in [-0.39, 0.29) is 34.3 Å². The summed E-state index contributed by atoms with van der Waals surface area (Å²) >= 11 is 0. The SMILES string of the molecule is CCc1c2nc(-c3cc(S(=O)(=O)N4CCN(CC)CC4)cnc3O[C@@H](C)COC)[nH]c(=O)c2nn1Cc1ccccn1. The van der Waals surface area contributed by atoms with Gasteiger partial charge in [-0.05, 0) is 38.1 Å². The fourth-order valence-electron chi connectivity index (χ4n) is 5.05. The van der Waals surface area contributed by atoms with Crippen molar-refractivity contribution in [2.75, 3.05) is 46.4 Å². The molecular formula is C28H36N8O5S. The van der Waals surface area contributed by atoms with Gasteiger partial charge in [-0.3, -0.25) is 14.5 Å². The molecule has 0 radical (unpaired) electrons. The summed E-state index contributed by atoms with van der Waals surface area (Å²) in [4.78, 5) is 31.9. The van der Waals surface area contributed by atoms with Crippen LogP contribution in [0.25, 0.3) is 22.4 Å². The van der Waals surface area contributed by atoms with Crippen LogP contribution in [0.1, 0.15) is 32.2 Å². The van der Waals surface area contributed by atoms with Gasteiger partial charge in [0, 0.05) is 39.5 Å². The maximum absolute atomic E-state index is 13.7. The second kappa shape index (κ2) is 12.7. The first-order valence-electron chi connectivity index (χ1n) is 14.0. The third kappa shape index (κ3) is 6.07. The topological polar surface area (TPSA) is 148 Å². The molecular weight excluding hydrogens is 560 g/mol. The Balaban J connectivity index is 1.60. The largest absolute Gasteiger partial charge is 0.472 e. The molecule has 4 aromatic rings. The molecule has 1 N–H and O–H groups in total. The number of rotatable bonds is 11. The summed E-state index contributed by atoms with van der Waals surface area (Å²) in [6.45, 7) is 9.41. The number of piperazine rings is 1. The number of likely N-dealkylation sites (N-methyl/N-ethyl adjacent to an activating group) is 1. The molecule has 1 aliphatic rings. The average Bonchev–Trinajstić information content (AvgIpc) is 3.35. The van der Waals surface area contributed by atoms with Crippen molar-refractivity contribution in [3.63, 3.8) is 0 Å². The molecule has 4 aromatic heterocycles. The molecule has 0 aromatic carbocycles. The number of H-pyrrole nitrogens is 1. The van der Waals surface area contributed by atoms with E-state index in [1.165, 1.54) is 16.6 Å². The van der Waals surface area contributed by atoms with Gasteiger partial charge in [-0.15, -0.1) is 0 Å². The number of aromatic nitrogens is 6. The molecule has 42 heavy (non-hydrogen) atoms. The Labute approximate surface area is 244 Å². The van der Waals surface area contributed by atoms with Crippen molar-refractivity contribution >= 4 is 21.1 Å². The van der Waals surface area contributed by atoms with E-state index in [1.54, 1.807) is 18.0 Å². The monoisotopic (exact) mass is 596 g/mol. The van der Waals surface area contributed by atoms with Crippen LogP contribution in [0.4, 0.5) is 0 Å². The lowest BCUT2D eigenvalue weighted by molar-refractivity contribution is 0.0893. The lowest BCUT2D eigenvalue weighted by atomic mass is 10.2. The smallest absolute Gasteiger partial charge is 0.279 e. The summed E-state index contributed by atoms with van der Waals surface area (Å²) in [6, 6.07) is 7.09. The minimum Gasteiger partial charge on any atom is -0.472 e. The van der Waals surface area contributed by atoms with Crippen LogP contribution in [-0.2, 0) is 27.7 Å². The molecule has 5 rings (SSSR count). The minimum atomic E-state index is -3.85. The molecule has 0 bridgehead atoms. The van der Waals surface area contributed by atoms with E-state index in [0.717, 1.165) is 17.9 Å². The van der Waals surface area contributed by atoms with Gasteiger partial charge < -0.3 is 19.4 Å². The van der Waals surface area contributed by atoms with Crippen LogP contribution >= 0.6 is 0 Å². The van der Waals surface area contributed by atoms with E-state index in [4.69, 9.17) is 14.5 Å². The Morgan fingerprint density at radius 2 is 1.88 bits per heavy atom. The number of ether oxygens (including phenoxy) is 2. The standard InChI is InChI=1S/C28H36N8O5S/c1-5-23-24-25(33-36(23)17-20-9-7-8-10-29-20)27(37)32-26(31-24)22-15-21(16-30-28(22)41-19(3)18-40-4)42(38,39)35-13-11-34(6-2)12-14-35/h7-10,15-16,19H,5-6,11-14,17-18H2,1-4H3,(H,31,32,37)/t19-/m0/s1. The van der Waals surface area contributed by atoms with E-state index < -0.39 is 21.7 Å². The van der Waals surface area contributed by atoms with Gasteiger partial charge in [0.25, 0.3) is 5.56 Å². The highest BCUT2D eigenvalue weighted by Crippen LogP contribution is 2.31. The number of hydrogen-bond donors (Lipinski definition) is 1. The normalized spacial score (nSPS) is 15.7. The first-order valence-corrected chi connectivity index (χ1v) is 15.5. The van der Waals surface area contributed by atoms with E-state index in [0.29, 0.717) is 44.7 Å². The third-order valence-electron chi connectivity index (χ3n) is 7.28. The van der Waals surface area contributed by atoms with Crippen molar-refractivity contribution in [3.8, 4) is 17.3 Å². The predicted molar refractivity (Wildman–Crippen MR) is 157 cm³/mol. The average molecular weight is 597 g/mol. The number of pyridine rings is 2. The second-order valence-electron chi connectivity index (χ2n) is 10.1. The fraction of sp³-hybridized carbons (Fsp3) is 0.464. The van der Waals surface area contributed by atoms with Gasteiger partial charge in [0.15, 0.2) is 5.52 Å². The highest BCUT2D eigenvalue weighted by atomic mass is 32.2. The first-order chi connectivity index (χ1) is 20.2. The Hall–Kier alpha value is -3.72. The molecule has 1 atom stereocenters. The van der Waals surface area contributed by atoms with Gasteiger partial charge in [-0.1, -0.05) is 19.9 Å². The van der Waals surface area contributed by atoms with Gasteiger partial charge >= 0.3 is 0 Å². The summed E-state index contributed by atoms with van der Waals surface area (Å²) in [5.41, 5.74) is 1.96. The van der Waals surface area contributed by atoms with Crippen LogP contribution in [0.5, 0.6) is 5.88 Å². The van der Waals surface area contributed by atoms with Crippen molar-refractivity contribution < 1.29 is 17.9 Å². The molecule has 1 aliphatic heterocycles. The molecule has 224 valence electrons. The van der Waals surface area contributed by atoms with Crippen molar-refractivity contribution in [1.29, 1.82) is 0 Å². The van der Waals surface area contributed by atoms with Crippen molar-refractivity contribution in [2.24, 2.45) is 0 Å². The number of hydrogen-bond acceptors (Lipinski definition) is 10. The van der Waals surface area contributed by atoms with E-state index in [2.05, 4.69) is 31.9 Å². The molecule has 0 spiro atoms. The number of methoxy groups -OCH3 is 1. The quantitative estimate of drug-likeness (QED) is 0.272. The Morgan fingerprint density at radius 3 is 2.55 bits per heavy atom. The zero-order chi connectivity index (χ0) is 29.9. The fourth-order valence-corrected chi connectivity index (χ4v) is 6.44. The first kappa shape index (κ1) is 29.8. The van der Waals surface area contributed by atoms with Crippen LogP contribution in [0.2, 0.25) is 0 Å². The second-order valence-corrected chi connectivity index (χ2v) is 12.1. The van der Waals surface area contributed by atoms with E-state index >= 15 is 0 Å². The van der Waals surface area contributed by atoms with Gasteiger partial charge in [-0.25, -0.2) is 18.4 Å². The van der Waals surface area contributed by atoms with Crippen molar-refractivity contribution in [3.05, 3.63) is 58.4 Å². The number of sulfonamides is 1. The van der Waals surface area contributed by atoms with Crippen LogP contribution < -0.4 is 10.3 Å². The molecule has 13 nitrogen and oxygen atoms in total. The molecule has 0 amide bonds. The van der Waals surface area contributed by atoms with Crippen LogP contribution in [0, 0.1) is 0 Å². The molecule has 0 unspecified atom stereocenters. The van der Waals surface area contributed by atoms with Gasteiger partial charge in [0.2, 0.25) is 15.9 Å². The number of aromatic amines is 1. The number of fused-ring (bicyclic) bond motifs is 1. The van der Waals surface area contributed by atoms with Gasteiger partial charge in [-0.2, -0.15) is 9.40 Å². The molecule has 0 saturated carbocycles. The lowest BCUT2D eigenvalue weighted by Crippen LogP contribution is -2.48. The molecule has 0 aliphatic carbocycles. The van der Waals surface area contributed by atoms with E-state index in [1.807, 2.05) is 32.0 Å². The van der Waals surface area contributed by atoms with Crippen LogP contribution in [-0.4, -0.2) is 99.9 Å². The molecule has 14 heteroatoms. The molecule has 1 fully saturated rings.